The molecule has 1 aromatic rings. The third-order valence-corrected chi connectivity index (χ3v) is 6.44. The molecule has 1 heterocycles. The fourth-order valence-corrected chi connectivity index (χ4v) is 4.45. The summed E-state index contributed by atoms with van der Waals surface area (Å²) in [7, 11) is 0. The van der Waals surface area contributed by atoms with Crippen LogP contribution in [0.2, 0.25) is 0 Å². The van der Waals surface area contributed by atoms with Crippen LogP contribution >= 0.6 is 15.9 Å². The summed E-state index contributed by atoms with van der Waals surface area (Å²) in [6, 6.07) is 11.8. The highest BCUT2D eigenvalue weighted by Crippen LogP contribution is 2.39. The van der Waals surface area contributed by atoms with Crippen molar-refractivity contribution in [1.82, 2.24) is 9.55 Å². The number of benzene rings is 2. The van der Waals surface area contributed by atoms with E-state index >= 15 is 0 Å². The number of aliphatic hydroxyl groups is 1. The Balaban J connectivity index is 1.89. The quantitative estimate of drug-likeness (QED) is 0.484. The van der Waals surface area contributed by atoms with Crippen LogP contribution in [-0.4, -0.2) is 21.3 Å². The zero-order valence-electron chi connectivity index (χ0n) is 15.6. The number of halogens is 1. The molecule has 4 nitrogen and oxygen atoms in total. The molecule has 0 spiro atoms. The topological polar surface area (TPSA) is 55.1 Å². The molecule has 140 valence electrons. The maximum absolute atomic E-state index is 12.6. The van der Waals surface area contributed by atoms with Gasteiger partial charge in [0.1, 0.15) is 5.69 Å². The molecule has 27 heavy (non-hydrogen) atoms. The Kier molecular flexibility index (Phi) is 4.68. The molecule has 0 fully saturated rings. The van der Waals surface area contributed by atoms with Gasteiger partial charge in [-0.05, 0) is 71.8 Å². The van der Waals surface area contributed by atoms with Crippen molar-refractivity contribution < 1.29 is 5.11 Å². The Morgan fingerprint density at radius 3 is 2.78 bits per heavy atom. The van der Waals surface area contributed by atoms with E-state index in [2.05, 4.69) is 45.4 Å². The molecule has 0 saturated heterocycles. The minimum Gasteiger partial charge on any atom is -0.396 e. The highest BCUT2D eigenvalue weighted by molar-refractivity contribution is 9.10. The highest BCUT2D eigenvalue weighted by atomic mass is 79.9. The number of rotatable bonds is 3. The smallest absolute Gasteiger partial charge is 0.220 e. The van der Waals surface area contributed by atoms with Crippen molar-refractivity contribution in [3.8, 4) is 11.4 Å². The highest BCUT2D eigenvalue weighted by Gasteiger charge is 2.29. The van der Waals surface area contributed by atoms with Gasteiger partial charge < -0.3 is 9.67 Å². The lowest BCUT2D eigenvalue weighted by molar-refractivity contribution is 0.126. The molecule has 3 aliphatic rings. The SMILES string of the molecule is CC1=C(Cn2c3ccc(Br)c(=O)c-3nc3ccccc32)CC[C@@](C)(CO)C1. The van der Waals surface area contributed by atoms with E-state index in [-0.39, 0.29) is 17.5 Å². The lowest BCUT2D eigenvalue weighted by Crippen LogP contribution is -2.27. The van der Waals surface area contributed by atoms with Gasteiger partial charge in [-0.1, -0.05) is 30.2 Å². The second-order valence-corrected chi connectivity index (χ2v) is 8.81. The number of aliphatic hydroxyl groups excluding tert-OH is 1. The van der Waals surface area contributed by atoms with Crippen molar-refractivity contribution in [1.29, 1.82) is 0 Å². The third kappa shape index (κ3) is 3.23. The standard InChI is InChI=1S/C22H23BrN2O2/c1-14-11-22(2,13-26)10-9-15(14)12-25-18-6-4-3-5-17(18)24-20-19(25)8-7-16(23)21(20)27/h3-8,26H,9-13H2,1-2H3/t22-/m1/s1. The molecule has 0 amide bonds. The lowest BCUT2D eigenvalue weighted by Gasteiger charge is -2.34. The molecule has 1 aromatic carbocycles. The van der Waals surface area contributed by atoms with Gasteiger partial charge in [-0.3, -0.25) is 4.79 Å². The average Bonchev–Trinajstić information content (AvgIpc) is 2.67. The summed E-state index contributed by atoms with van der Waals surface area (Å²) in [6.07, 6.45) is 2.86. The van der Waals surface area contributed by atoms with Crippen LogP contribution < -0.4 is 5.43 Å². The first-order chi connectivity index (χ1) is 12.9. The molecule has 0 unspecified atom stereocenters. The van der Waals surface area contributed by atoms with Crippen molar-refractivity contribution in [2.75, 3.05) is 6.61 Å². The molecule has 4 rings (SSSR count). The van der Waals surface area contributed by atoms with Gasteiger partial charge in [-0.15, -0.1) is 0 Å². The van der Waals surface area contributed by atoms with Crippen LogP contribution in [0.1, 0.15) is 33.1 Å². The minimum atomic E-state index is -0.0748. The van der Waals surface area contributed by atoms with Crippen molar-refractivity contribution in [3.63, 3.8) is 0 Å². The first-order valence-corrected chi connectivity index (χ1v) is 10.1. The normalized spacial score (nSPS) is 20.6. The van der Waals surface area contributed by atoms with Crippen molar-refractivity contribution in [3.05, 3.63) is 62.2 Å². The Hall–Kier alpha value is -1.98. The van der Waals surface area contributed by atoms with Crippen LogP contribution in [-0.2, 0) is 6.54 Å². The molecule has 0 bridgehead atoms. The van der Waals surface area contributed by atoms with Gasteiger partial charge in [-0.2, -0.15) is 0 Å². The predicted molar refractivity (Wildman–Crippen MR) is 112 cm³/mol. The monoisotopic (exact) mass is 426 g/mol. The minimum absolute atomic E-state index is 0.0202. The van der Waals surface area contributed by atoms with Crippen molar-refractivity contribution in [2.24, 2.45) is 5.41 Å². The molecule has 0 saturated carbocycles. The number of fused-ring (bicyclic) bond motifs is 2. The summed E-state index contributed by atoms with van der Waals surface area (Å²) in [5.41, 5.74) is 5.85. The predicted octanol–water partition coefficient (Wildman–Crippen LogP) is 4.76. The Labute approximate surface area is 167 Å². The first-order valence-electron chi connectivity index (χ1n) is 9.28. The maximum atomic E-state index is 12.6. The lowest BCUT2D eigenvalue weighted by atomic mass is 9.74. The summed E-state index contributed by atoms with van der Waals surface area (Å²) < 4.78 is 2.75. The summed E-state index contributed by atoms with van der Waals surface area (Å²) in [5, 5.41) is 9.71. The van der Waals surface area contributed by atoms with Crippen LogP contribution in [0.3, 0.4) is 0 Å². The molecule has 0 aromatic heterocycles. The maximum Gasteiger partial charge on any atom is 0.220 e. The largest absolute Gasteiger partial charge is 0.396 e. The number of nitrogens with zero attached hydrogens (tertiary/aromatic N) is 2. The Morgan fingerprint density at radius 2 is 2.04 bits per heavy atom. The van der Waals surface area contributed by atoms with Crippen LogP contribution in [0.5, 0.6) is 0 Å². The van der Waals surface area contributed by atoms with E-state index in [0.717, 1.165) is 42.5 Å². The number of hydrogen-bond donors (Lipinski definition) is 1. The zero-order valence-corrected chi connectivity index (χ0v) is 17.2. The molecular formula is C22H23BrN2O2. The summed E-state index contributed by atoms with van der Waals surface area (Å²) in [5.74, 6) is 0. The van der Waals surface area contributed by atoms with Crippen LogP contribution in [0.4, 0.5) is 0 Å². The van der Waals surface area contributed by atoms with E-state index in [1.54, 1.807) is 0 Å². The van der Waals surface area contributed by atoms with E-state index in [1.165, 1.54) is 11.1 Å². The van der Waals surface area contributed by atoms with E-state index in [4.69, 9.17) is 0 Å². The molecule has 0 radical (unpaired) electrons. The summed E-state index contributed by atoms with van der Waals surface area (Å²) >= 11 is 3.34. The summed E-state index contributed by atoms with van der Waals surface area (Å²) in [6.45, 7) is 5.29. The van der Waals surface area contributed by atoms with Crippen LogP contribution in [0.15, 0.2) is 56.8 Å². The van der Waals surface area contributed by atoms with Gasteiger partial charge in [0.05, 0.1) is 21.2 Å². The van der Waals surface area contributed by atoms with Gasteiger partial charge in [-0.25, -0.2) is 4.98 Å². The van der Waals surface area contributed by atoms with Gasteiger partial charge >= 0.3 is 0 Å². The Bertz CT molecular complexity index is 1090. The molecule has 1 N–H and O–H groups in total. The van der Waals surface area contributed by atoms with Gasteiger partial charge in [0.2, 0.25) is 5.43 Å². The third-order valence-electron chi connectivity index (χ3n) is 5.81. The van der Waals surface area contributed by atoms with Gasteiger partial charge in [0.25, 0.3) is 0 Å². The van der Waals surface area contributed by atoms with Crippen LogP contribution in [0.25, 0.3) is 22.4 Å². The number of aromatic nitrogens is 2. The summed E-state index contributed by atoms with van der Waals surface area (Å²) in [4.78, 5) is 17.3. The second kappa shape index (κ2) is 6.88. The van der Waals surface area contributed by atoms with E-state index in [0.29, 0.717) is 10.2 Å². The Morgan fingerprint density at radius 1 is 1.26 bits per heavy atom. The molecule has 1 aliphatic heterocycles. The fourth-order valence-electron chi connectivity index (χ4n) is 4.13. The first kappa shape index (κ1) is 18.4. The number of para-hydroxylation sites is 2. The van der Waals surface area contributed by atoms with Crippen molar-refractivity contribution >= 4 is 27.0 Å². The van der Waals surface area contributed by atoms with E-state index in [9.17, 15) is 9.90 Å². The zero-order chi connectivity index (χ0) is 19.2. The number of allylic oxidation sites excluding steroid dienone is 2. The average molecular weight is 427 g/mol. The van der Waals surface area contributed by atoms with Crippen molar-refractivity contribution in [2.45, 2.75) is 39.7 Å². The fraction of sp³-hybridized carbons (Fsp3) is 0.364. The molecule has 5 heteroatoms. The van der Waals surface area contributed by atoms with Gasteiger partial charge in [0, 0.05) is 13.2 Å². The molecular weight excluding hydrogens is 404 g/mol. The molecule has 1 atom stereocenters. The van der Waals surface area contributed by atoms with E-state index < -0.39 is 0 Å². The number of hydrogen-bond acceptors (Lipinski definition) is 3. The van der Waals surface area contributed by atoms with Crippen LogP contribution in [0, 0.1) is 5.41 Å². The van der Waals surface area contributed by atoms with E-state index in [1.807, 2.05) is 30.3 Å². The van der Waals surface area contributed by atoms with Gasteiger partial charge in [0.15, 0.2) is 0 Å². The second-order valence-electron chi connectivity index (χ2n) is 7.96. The molecule has 2 aliphatic carbocycles.